The van der Waals surface area contributed by atoms with Crippen LogP contribution >= 0.6 is 0 Å². The van der Waals surface area contributed by atoms with Gasteiger partial charge in [0.05, 0.1) is 25.8 Å². The molecule has 2 N–H and O–H groups in total. The highest BCUT2D eigenvalue weighted by Gasteiger charge is 2.34. The standard InChI is InChI=1S/C23H32N4O6/c1-23(2,3)33-22(31)26-11-9-25(10-12-26)17-7-5-16(6-8-17)24-19-18(21(30)32-4)15-27(13-14-28)20(19)29/h5-8,24,28H,9-15H2,1-4H3. The lowest BCUT2D eigenvalue weighted by Gasteiger charge is -2.36. The molecule has 10 heteroatoms. The van der Waals surface area contributed by atoms with Gasteiger partial charge in [0, 0.05) is 44.1 Å². The Hall–Kier alpha value is -3.27. The molecule has 33 heavy (non-hydrogen) atoms. The number of hydrogen-bond donors (Lipinski definition) is 2. The van der Waals surface area contributed by atoms with Gasteiger partial charge in [-0.1, -0.05) is 0 Å². The summed E-state index contributed by atoms with van der Waals surface area (Å²) in [6.45, 7) is 8.09. The number of ether oxygens (including phenoxy) is 2. The number of carbonyl (C=O) groups is 3. The molecule has 0 saturated carbocycles. The molecule has 2 aliphatic rings. The highest BCUT2D eigenvalue weighted by atomic mass is 16.6. The van der Waals surface area contributed by atoms with Crippen molar-refractivity contribution in [2.75, 3.05) is 63.2 Å². The van der Waals surface area contributed by atoms with Crippen molar-refractivity contribution in [1.82, 2.24) is 9.80 Å². The molecule has 2 amide bonds. The minimum Gasteiger partial charge on any atom is -0.466 e. The first-order valence-electron chi connectivity index (χ1n) is 10.9. The molecule has 1 aromatic carbocycles. The second-order valence-electron chi connectivity index (χ2n) is 8.92. The molecule has 2 aliphatic heterocycles. The number of piperazine rings is 1. The Morgan fingerprint density at radius 1 is 1.09 bits per heavy atom. The predicted molar refractivity (Wildman–Crippen MR) is 123 cm³/mol. The smallest absolute Gasteiger partial charge is 0.410 e. The van der Waals surface area contributed by atoms with Crippen molar-refractivity contribution < 1.29 is 29.0 Å². The molecule has 1 fully saturated rings. The van der Waals surface area contributed by atoms with Gasteiger partial charge in [0.15, 0.2) is 0 Å². The molecular weight excluding hydrogens is 428 g/mol. The van der Waals surface area contributed by atoms with Crippen molar-refractivity contribution in [3.8, 4) is 0 Å². The van der Waals surface area contributed by atoms with Gasteiger partial charge in [0.25, 0.3) is 5.91 Å². The Balaban J connectivity index is 1.63. The van der Waals surface area contributed by atoms with E-state index in [0.29, 0.717) is 31.9 Å². The van der Waals surface area contributed by atoms with E-state index in [1.807, 2.05) is 45.0 Å². The number of anilines is 2. The van der Waals surface area contributed by atoms with Crippen LogP contribution in [0.25, 0.3) is 0 Å². The molecule has 1 aromatic rings. The summed E-state index contributed by atoms with van der Waals surface area (Å²) >= 11 is 0. The van der Waals surface area contributed by atoms with E-state index in [0.717, 1.165) is 5.69 Å². The van der Waals surface area contributed by atoms with E-state index >= 15 is 0 Å². The molecule has 1 saturated heterocycles. The van der Waals surface area contributed by atoms with Gasteiger partial charge in [0.2, 0.25) is 0 Å². The topological polar surface area (TPSA) is 112 Å². The second-order valence-corrected chi connectivity index (χ2v) is 8.92. The van der Waals surface area contributed by atoms with Gasteiger partial charge in [-0.05, 0) is 45.0 Å². The molecule has 0 radical (unpaired) electrons. The van der Waals surface area contributed by atoms with Gasteiger partial charge in [-0.15, -0.1) is 0 Å². The lowest BCUT2D eigenvalue weighted by Crippen LogP contribution is -2.50. The summed E-state index contributed by atoms with van der Waals surface area (Å²) in [5.41, 5.74) is 1.52. The van der Waals surface area contributed by atoms with Crippen molar-refractivity contribution >= 4 is 29.3 Å². The summed E-state index contributed by atoms with van der Waals surface area (Å²) in [6, 6.07) is 7.52. The molecule has 2 heterocycles. The van der Waals surface area contributed by atoms with Gasteiger partial charge in [-0.3, -0.25) is 4.79 Å². The third-order valence-electron chi connectivity index (χ3n) is 5.39. The number of benzene rings is 1. The number of nitrogens with zero attached hydrogens (tertiary/aromatic N) is 3. The summed E-state index contributed by atoms with van der Waals surface area (Å²) in [4.78, 5) is 42.3. The number of hydrogen-bond acceptors (Lipinski definition) is 8. The van der Waals surface area contributed by atoms with Crippen LogP contribution < -0.4 is 10.2 Å². The zero-order chi connectivity index (χ0) is 24.2. The van der Waals surface area contributed by atoms with E-state index < -0.39 is 11.6 Å². The number of esters is 1. The Morgan fingerprint density at radius 3 is 2.27 bits per heavy atom. The van der Waals surface area contributed by atoms with Crippen LogP contribution in [0.15, 0.2) is 35.5 Å². The third kappa shape index (κ3) is 5.95. The van der Waals surface area contributed by atoms with Gasteiger partial charge in [0.1, 0.15) is 11.3 Å². The van der Waals surface area contributed by atoms with Crippen molar-refractivity contribution in [3.05, 3.63) is 35.5 Å². The highest BCUT2D eigenvalue weighted by molar-refractivity contribution is 6.08. The van der Waals surface area contributed by atoms with E-state index in [2.05, 4.69) is 10.2 Å². The Kier molecular flexibility index (Phi) is 7.47. The van der Waals surface area contributed by atoms with Crippen molar-refractivity contribution in [2.24, 2.45) is 0 Å². The first kappa shape index (κ1) is 24.4. The zero-order valence-electron chi connectivity index (χ0n) is 19.6. The summed E-state index contributed by atoms with van der Waals surface area (Å²) in [7, 11) is 1.27. The lowest BCUT2D eigenvalue weighted by atomic mass is 10.2. The summed E-state index contributed by atoms with van der Waals surface area (Å²) in [5.74, 6) is -0.933. The van der Waals surface area contributed by atoms with Crippen LogP contribution in [0.1, 0.15) is 20.8 Å². The molecule has 0 spiro atoms. The maximum absolute atomic E-state index is 12.7. The average molecular weight is 461 g/mol. The maximum Gasteiger partial charge on any atom is 0.410 e. The number of nitrogens with one attached hydrogen (secondary N) is 1. The molecule has 0 unspecified atom stereocenters. The largest absolute Gasteiger partial charge is 0.466 e. The number of rotatable bonds is 6. The van der Waals surface area contributed by atoms with Crippen LogP contribution in [0.3, 0.4) is 0 Å². The Bertz CT molecular complexity index is 914. The maximum atomic E-state index is 12.7. The van der Waals surface area contributed by atoms with E-state index in [1.165, 1.54) is 12.0 Å². The van der Waals surface area contributed by atoms with E-state index in [4.69, 9.17) is 9.47 Å². The minimum absolute atomic E-state index is 0.0917. The minimum atomic E-state index is -0.578. The van der Waals surface area contributed by atoms with Gasteiger partial charge in [-0.25, -0.2) is 9.59 Å². The molecule has 0 aromatic heterocycles. The van der Waals surface area contributed by atoms with Crippen LogP contribution in [-0.4, -0.2) is 91.5 Å². The Morgan fingerprint density at radius 2 is 1.73 bits per heavy atom. The Labute approximate surface area is 193 Å². The first-order chi connectivity index (χ1) is 15.6. The number of aliphatic hydroxyl groups excluding tert-OH is 1. The fourth-order valence-electron chi connectivity index (χ4n) is 3.72. The molecule has 10 nitrogen and oxygen atoms in total. The molecule has 180 valence electrons. The van der Waals surface area contributed by atoms with E-state index in [-0.39, 0.29) is 43.0 Å². The van der Waals surface area contributed by atoms with Crippen molar-refractivity contribution in [3.63, 3.8) is 0 Å². The molecule has 0 atom stereocenters. The fourth-order valence-corrected chi connectivity index (χ4v) is 3.72. The van der Waals surface area contributed by atoms with Gasteiger partial charge in [-0.2, -0.15) is 0 Å². The van der Waals surface area contributed by atoms with Crippen LogP contribution in [0, 0.1) is 0 Å². The van der Waals surface area contributed by atoms with Crippen LogP contribution in [0.2, 0.25) is 0 Å². The second kappa shape index (κ2) is 10.1. The van der Waals surface area contributed by atoms with Crippen molar-refractivity contribution in [1.29, 1.82) is 0 Å². The average Bonchev–Trinajstić information content (AvgIpc) is 3.08. The monoisotopic (exact) mass is 460 g/mol. The first-order valence-corrected chi connectivity index (χ1v) is 10.9. The third-order valence-corrected chi connectivity index (χ3v) is 5.39. The van der Waals surface area contributed by atoms with Gasteiger partial charge < -0.3 is 34.6 Å². The molecule has 3 rings (SSSR count). The van der Waals surface area contributed by atoms with Gasteiger partial charge >= 0.3 is 12.1 Å². The number of methoxy groups -OCH3 is 1. The normalized spacial score (nSPS) is 16.9. The number of aliphatic hydroxyl groups is 1. The molecular formula is C23H32N4O6. The van der Waals surface area contributed by atoms with E-state index in [1.54, 1.807) is 4.90 Å². The van der Waals surface area contributed by atoms with Crippen LogP contribution in [-0.2, 0) is 19.1 Å². The SMILES string of the molecule is COC(=O)C1=C(Nc2ccc(N3CCN(C(=O)OC(C)(C)C)CC3)cc2)C(=O)N(CCO)C1. The highest BCUT2D eigenvalue weighted by Crippen LogP contribution is 2.25. The van der Waals surface area contributed by atoms with Crippen LogP contribution in [0.4, 0.5) is 16.2 Å². The number of β-amino-alcohol motifs (C(OH)–C–C–N with tert-alkyl or cyclic N) is 1. The lowest BCUT2D eigenvalue weighted by molar-refractivity contribution is -0.136. The fraction of sp³-hybridized carbons (Fsp3) is 0.522. The number of carbonyl (C=O) groups excluding carboxylic acids is 3. The predicted octanol–water partition coefficient (Wildman–Crippen LogP) is 1.42. The quantitative estimate of drug-likeness (QED) is 0.613. The molecule has 0 bridgehead atoms. The summed E-state index contributed by atoms with van der Waals surface area (Å²) < 4.78 is 10.2. The van der Waals surface area contributed by atoms with Crippen LogP contribution in [0.5, 0.6) is 0 Å². The van der Waals surface area contributed by atoms with Crippen molar-refractivity contribution in [2.45, 2.75) is 26.4 Å². The summed E-state index contributed by atoms with van der Waals surface area (Å²) in [6.07, 6.45) is -0.298. The molecule has 0 aliphatic carbocycles. The number of amides is 2. The summed E-state index contributed by atoms with van der Waals surface area (Å²) in [5, 5.41) is 12.2. The van der Waals surface area contributed by atoms with E-state index in [9.17, 15) is 19.5 Å². The zero-order valence-corrected chi connectivity index (χ0v) is 19.6.